The van der Waals surface area contributed by atoms with E-state index in [0.29, 0.717) is 11.2 Å². The summed E-state index contributed by atoms with van der Waals surface area (Å²) in [7, 11) is 0. The van der Waals surface area contributed by atoms with E-state index in [0.717, 1.165) is 11.6 Å². The number of fused-ring (bicyclic) bond motifs is 1. The normalized spacial score (nSPS) is 20.4. The second-order valence-corrected chi connectivity index (χ2v) is 5.64. The molecule has 1 heterocycles. The zero-order valence-electron chi connectivity index (χ0n) is 8.38. The molecule has 1 aliphatic rings. The predicted molar refractivity (Wildman–Crippen MR) is 64.4 cm³/mol. The topological polar surface area (TPSA) is 12.0 Å². The van der Waals surface area contributed by atoms with Crippen LogP contribution in [0.4, 0.5) is 5.69 Å². The fourth-order valence-electron chi connectivity index (χ4n) is 1.53. The van der Waals surface area contributed by atoms with E-state index < -0.39 is 0 Å². The molecule has 0 radical (unpaired) electrons. The van der Waals surface area contributed by atoms with E-state index in [1.165, 1.54) is 10.6 Å². The molecule has 1 aliphatic heterocycles. The van der Waals surface area contributed by atoms with Crippen molar-refractivity contribution in [3.05, 3.63) is 23.2 Å². The average molecular weight is 228 g/mol. The fourth-order valence-corrected chi connectivity index (χ4v) is 2.99. The SMILES string of the molecule is CC(C)C1CNc2ccc(Cl)cc2S1. The molecular weight excluding hydrogens is 214 g/mol. The second-order valence-electron chi connectivity index (χ2n) is 3.92. The number of hydrogen-bond donors (Lipinski definition) is 1. The highest BCUT2D eigenvalue weighted by Crippen LogP contribution is 2.38. The third-order valence-corrected chi connectivity index (χ3v) is 4.30. The average Bonchev–Trinajstić information content (AvgIpc) is 2.16. The minimum atomic E-state index is 0.654. The summed E-state index contributed by atoms with van der Waals surface area (Å²) in [5.74, 6) is 0.694. The highest BCUT2D eigenvalue weighted by Gasteiger charge is 2.21. The Morgan fingerprint density at radius 3 is 3.00 bits per heavy atom. The Kier molecular flexibility index (Phi) is 2.93. The second kappa shape index (κ2) is 4.03. The third-order valence-electron chi connectivity index (χ3n) is 2.46. The van der Waals surface area contributed by atoms with E-state index in [1.807, 2.05) is 23.9 Å². The van der Waals surface area contributed by atoms with Crippen LogP contribution in [0, 0.1) is 5.92 Å². The third kappa shape index (κ3) is 2.01. The van der Waals surface area contributed by atoms with E-state index >= 15 is 0 Å². The van der Waals surface area contributed by atoms with Crippen LogP contribution in [0.25, 0.3) is 0 Å². The first-order valence-corrected chi connectivity index (χ1v) is 6.12. The maximum absolute atomic E-state index is 5.96. The lowest BCUT2D eigenvalue weighted by atomic mass is 10.1. The van der Waals surface area contributed by atoms with Crippen LogP contribution in [0.2, 0.25) is 5.02 Å². The van der Waals surface area contributed by atoms with Crippen molar-refractivity contribution in [3.8, 4) is 0 Å². The zero-order chi connectivity index (χ0) is 10.1. The van der Waals surface area contributed by atoms with Crippen LogP contribution in [0.5, 0.6) is 0 Å². The quantitative estimate of drug-likeness (QED) is 0.782. The minimum absolute atomic E-state index is 0.654. The molecular formula is C11H14ClNS. The molecule has 76 valence electrons. The maximum Gasteiger partial charge on any atom is 0.0479 e. The standard InChI is InChI=1S/C11H14ClNS/c1-7(2)11-6-13-9-4-3-8(12)5-10(9)14-11/h3-5,7,11,13H,6H2,1-2H3. The van der Waals surface area contributed by atoms with Crippen molar-refractivity contribution < 1.29 is 0 Å². The van der Waals surface area contributed by atoms with Crippen LogP contribution >= 0.6 is 23.4 Å². The van der Waals surface area contributed by atoms with E-state index in [-0.39, 0.29) is 0 Å². The van der Waals surface area contributed by atoms with Crippen molar-refractivity contribution in [2.75, 3.05) is 11.9 Å². The summed E-state index contributed by atoms with van der Waals surface area (Å²) < 4.78 is 0. The molecule has 0 amide bonds. The van der Waals surface area contributed by atoms with Gasteiger partial charge in [0.1, 0.15) is 0 Å². The van der Waals surface area contributed by atoms with Gasteiger partial charge in [0.15, 0.2) is 0 Å². The molecule has 1 N–H and O–H groups in total. The lowest BCUT2D eigenvalue weighted by molar-refractivity contribution is 0.620. The molecule has 0 fully saturated rings. The Labute approximate surface area is 94.2 Å². The van der Waals surface area contributed by atoms with Gasteiger partial charge in [0.25, 0.3) is 0 Å². The zero-order valence-corrected chi connectivity index (χ0v) is 9.95. The largest absolute Gasteiger partial charge is 0.383 e. The first kappa shape index (κ1) is 10.2. The summed E-state index contributed by atoms with van der Waals surface area (Å²) in [6, 6.07) is 6.04. The van der Waals surface area contributed by atoms with Crippen molar-refractivity contribution in [2.24, 2.45) is 5.92 Å². The molecule has 3 heteroatoms. The number of rotatable bonds is 1. The Balaban J connectivity index is 2.24. The Hall–Kier alpha value is -0.340. The summed E-state index contributed by atoms with van der Waals surface area (Å²) in [6.45, 7) is 5.57. The van der Waals surface area contributed by atoms with Gasteiger partial charge in [0.05, 0.1) is 0 Å². The lowest BCUT2D eigenvalue weighted by Gasteiger charge is -2.28. The molecule has 0 aliphatic carbocycles. The van der Waals surface area contributed by atoms with Crippen molar-refractivity contribution in [2.45, 2.75) is 24.0 Å². The maximum atomic E-state index is 5.96. The Bertz CT molecular complexity index is 338. The van der Waals surface area contributed by atoms with Crippen LogP contribution in [0.3, 0.4) is 0 Å². The van der Waals surface area contributed by atoms with Crippen molar-refractivity contribution in [1.29, 1.82) is 0 Å². The number of benzene rings is 1. The fraction of sp³-hybridized carbons (Fsp3) is 0.455. The predicted octanol–water partition coefficient (Wildman–Crippen LogP) is 3.88. The van der Waals surface area contributed by atoms with Gasteiger partial charge in [0.2, 0.25) is 0 Å². The number of nitrogens with one attached hydrogen (secondary N) is 1. The Morgan fingerprint density at radius 1 is 1.50 bits per heavy atom. The molecule has 0 saturated heterocycles. The smallest absolute Gasteiger partial charge is 0.0479 e. The molecule has 0 bridgehead atoms. The van der Waals surface area contributed by atoms with Crippen LogP contribution in [-0.4, -0.2) is 11.8 Å². The molecule has 1 unspecified atom stereocenters. The highest BCUT2D eigenvalue weighted by atomic mass is 35.5. The summed E-state index contributed by atoms with van der Waals surface area (Å²) in [5.41, 5.74) is 1.22. The minimum Gasteiger partial charge on any atom is -0.383 e. The molecule has 2 rings (SSSR count). The first-order chi connectivity index (χ1) is 6.66. The number of hydrogen-bond acceptors (Lipinski definition) is 2. The molecule has 1 aromatic carbocycles. The Morgan fingerprint density at radius 2 is 2.29 bits per heavy atom. The van der Waals surface area contributed by atoms with Gasteiger partial charge in [-0.15, -0.1) is 11.8 Å². The number of thioether (sulfide) groups is 1. The van der Waals surface area contributed by atoms with Crippen LogP contribution in [0.1, 0.15) is 13.8 Å². The van der Waals surface area contributed by atoms with Gasteiger partial charge < -0.3 is 5.32 Å². The summed E-state index contributed by atoms with van der Waals surface area (Å²) in [5, 5.41) is 4.92. The van der Waals surface area contributed by atoms with E-state index in [2.05, 4.69) is 25.2 Å². The molecule has 1 nitrogen and oxygen atoms in total. The van der Waals surface area contributed by atoms with Gasteiger partial charge in [-0.25, -0.2) is 0 Å². The van der Waals surface area contributed by atoms with Crippen molar-refractivity contribution >= 4 is 29.1 Å². The monoisotopic (exact) mass is 227 g/mol. The van der Waals surface area contributed by atoms with Crippen LogP contribution in [0.15, 0.2) is 23.1 Å². The molecule has 0 saturated carbocycles. The van der Waals surface area contributed by atoms with Crippen LogP contribution < -0.4 is 5.32 Å². The molecule has 0 aromatic heterocycles. The summed E-state index contributed by atoms with van der Waals surface area (Å²) in [6.07, 6.45) is 0. The number of anilines is 1. The summed E-state index contributed by atoms with van der Waals surface area (Å²) >= 11 is 7.90. The van der Waals surface area contributed by atoms with E-state index in [9.17, 15) is 0 Å². The van der Waals surface area contributed by atoms with Gasteiger partial charge >= 0.3 is 0 Å². The van der Waals surface area contributed by atoms with Gasteiger partial charge in [-0.05, 0) is 24.1 Å². The van der Waals surface area contributed by atoms with Crippen molar-refractivity contribution in [3.63, 3.8) is 0 Å². The van der Waals surface area contributed by atoms with E-state index in [4.69, 9.17) is 11.6 Å². The van der Waals surface area contributed by atoms with Gasteiger partial charge in [-0.1, -0.05) is 25.4 Å². The van der Waals surface area contributed by atoms with Crippen LogP contribution in [-0.2, 0) is 0 Å². The number of halogens is 1. The molecule has 0 spiro atoms. The van der Waals surface area contributed by atoms with Crippen molar-refractivity contribution in [1.82, 2.24) is 0 Å². The van der Waals surface area contributed by atoms with Gasteiger partial charge in [-0.2, -0.15) is 0 Å². The van der Waals surface area contributed by atoms with E-state index in [1.54, 1.807) is 0 Å². The first-order valence-electron chi connectivity index (χ1n) is 4.87. The van der Waals surface area contributed by atoms with Gasteiger partial charge in [0, 0.05) is 27.4 Å². The lowest BCUT2D eigenvalue weighted by Crippen LogP contribution is -2.25. The molecule has 1 atom stereocenters. The molecule has 14 heavy (non-hydrogen) atoms. The molecule has 1 aromatic rings. The van der Waals surface area contributed by atoms with Gasteiger partial charge in [-0.3, -0.25) is 0 Å². The summed E-state index contributed by atoms with van der Waals surface area (Å²) in [4.78, 5) is 1.28. The highest BCUT2D eigenvalue weighted by molar-refractivity contribution is 8.00.